The quantitative estimate of drug-likeness (QED) is 0.639. The van der Waals surface area contributed by atoms with E-state index in [0.717, 1.165) is 28.9 Å². The van der Waals surface area contributed by atoms with Crippen LogP contribution in [0.3, 0.4) is 0 Å². The van der Waals surface area contributed by atoms with Gasteiger partial charge in [-0.1, -0.05) is 0 Å². The number of rotatable bonds is 5. The number of thioether (sulfide) groups is 1. The summed E-state index contributed by atoms with van der Waals surface area (Å²) in [6.07, 6.45) is 3.90. The average Bonchev–Trinajstić information content (AvgIpc) is 3.27. The zero-order valence-corrected chi connectivity index (χ0v) is 18.9. The van der Waals surface area contributed by atoms with Crippen LogP contribution in [0.4, 0.5) is 19.3 Å². The number of pyridine rings is 1. The highest BCUT2D eigenvalue weighted by Crippen LogP contribution is 2.47. The second-order valence-electron chi connectivity index (χ2n) is 7.53. The fourth-order valence-corrected chi connectivity index (χ4v) is 5.29. The number of nitrogens with zero attached hydrogens (tertiary/aromatic N) is 5. The molecule has 4 rings (SSSR count). The zero-order valence-electron chi connectivity index (χ0n) is 18.1. The number of benzene rings is 1. The van der Waals surface area contributed by atoms with Crippen LogP contribution in [0.25, 0.3) is 4.91 Å². The molecule has 0 saturated carbocycles. The normalized spacial score (nSPS) is 19.4. The lowest BCUT2D eigenvalue weighted by molar-refractivity contribution is -0.119. The second kappa shape index (κ2) is 9.12. The number of nitriles is 2. The van der Waals surface area contributed by atoms with Gasteiger partial charge in [0.15, 0.2) is 11.6 Å². The summed E-state index contributed by atoms with van der Waals surface area (Å²) in [4.78, 5) is 33.4. The van der Waals surface area contributed by atoms with Gasteiger partial charge in [0.2, 0.25) is 0 Å². The molecule has 0 N–H and O–H groups in total. The first-order chi connectivity index (χ1) is 16.3. The molecule has 8 nitrogen and oxygen atoms in total. The number of urea groups is 1. The summed E-state index contributed by atoms with van der Waals surface area (Å²) in [6.45, 7) is 1.47. The minimum atomic E-state index is -0.823. The van der Waals surface area contributed by atoms with Gasteiger partial charge in [-0.2, -0.15) is 10.5 Å². The molecule has 0 bridgehead atoms. The van der Waals surface area contributed by atoms with Crippen molar-refractivity contribution < 1.29 is 23.1 Å². The Kier molecular flexibility index (Phi) is 6.22. The molecule has 11 heteroatoms. The van der Waals surface area contributed by atoms with Gasteiger partial charge in [0.05, 0.1) is 55.4 Å². The van der Waals surface area contributed by atoms with E-state index in [1.165, 1.54) is 31.2 Å². The predicted octanol–water partition coefficient (Wildman–Crippen LogP) is 3.76. The standard InChI is InChI=1S/C23H17F2N5O3S/c1-12-16(25)10-28-11-18(12)30-22(31)21-17(29(23(30)32)5-3-4-26)8-20(34-21)14-7-19(33-2)15(24)6-13(14)9-27/h6-8,10-11,17,21H,3,5H2,1-2H3. The average molecular weight is 481 g/mol. The summed E-state index contributed by atoms with van der Waals surface area (Å²) in [5.41, 5.74) is 0.503. The van der Waals surface area contributed by atoms with Crippen molar-refractivity contribution in [2.45, 2.75) is 24.6 Å². The molecule has 2 aromatic rings. The summed E-state index contributed by atoms with van der Waals surface area (Å²) in [5, 5.41) is 17.8. The van der Waals surface area contributed by atoms with Crippen molar-refractivity contribution >= 4 is 34.3 Å². The van der Waals surface area contributed by atoms with Gasteiger partial charge < -0.3 is 9.64 Å². The Morgan fingerprint density at radius 1 is 1.21 bits per heavy atom. The van der Waals surface area contributed by atoms with Gasteiger partial charge in [-0.05, 0) is 25.1 Å². The van der Waals surface area contributed by atoms with E-state index < -0.39 is 34.9 Å². The predicted molar refractivity (Wildman–Crippen MR) is 120 cm³/mol. The molecule has 1 fully saturated rings. The largest absolute Gasteiger partial charge is 0.494 e. The first-order valence-electron chi connectivity index (χ1n) is 10.1. The highest BCUT2D eigenvalue weighted by molar-refractivity contribution is 8.09. The molecule has 2 aliphatic heterocycles. The second-order valence-corrected chi connectivity index (χ2v) is 8.71. The third-order valence-electron chi connectivity index (χ3n) is 5.66. The topological polar surface area (TPSA) is 110 Å². The molecule has 172 valence electrons. The summed E-state index contributed by atoms with van der Waals surface area (Å²) >= 11 is 1.11. The van der Waals surface area contributed by atoms with E-state index in [-0.39, 0.29) is 35.5 Å². The SMILES string of the molecule is COc1cc(C2=CC3C(S2)C(=O)N(c2cncc(F)c2C)C(=O)N3CCC#N)c(C#N)cc1F. The number of anilines is 1. The van der Waals surface area contributed by atoms with Gasteiger partial charge in [-0.15, -0.1) is 11.8 Å². The zero-order chi connectivity index (χ0) is 24.6. The number of carbonyl (C=O) groups is 2. The number of fused-ring (bicyclic) bond motifs is 1. The number of hydrogen-bond donors (Lipinski definition) is 0. The molecule has 2 unspecified atom stereocenters. The Morgan fingerprint density at radius 3 is 2.65 bits per heavy atom. The van der Waals surface area contributed by atoms with Crippen LogP contribution in [-0.4, -0.2) is 46.8 Å². The van der Waals surface area contributed by atoms with E-state index in [2.05, 4.69) is 4.98 Å². The number of methoxy groups -OCH3 is 1. The molecule has 1 aromatic carbocycles. The van der Waals surface area contributed by atoms with Crippen LogP contribution < -0.4 is 9.64 Å². The molecule has 2 atom stereocenters. The van der Waals surface area contributed by atoms with Crippen molar-refractivity contribution in [2.75, 3.05) is 18.6 Å². The number of imide groups is 1. The number of carbonyl (C=O) groups excluding carboxylic acids is 2. The van der Waals surface area contributed by atoms with Crippen LogP contribution in [0.5, 0.6) is 5.75 Å². The molecule has 2 aliphatic rings. The van der Waals surface area contributed by atoms with Crippen LogP contribution in [-0.2, 0) is 4.79 Å². The van der Waals surface area contributed by atoms with E-state index in [1.807, 2.05) is 12.1 Å². The number of ether oxygens (including phenoxy) is 1. The first kappa shape index (κ1) is 23.2. The maximum Gasteiger partial charge on any atom is 0.332 e. The summed E-state index contributed by atoms with van der Waals surface area (Å²) in [6, 6.07) is 4.93. The Morgan fingerprint density at radius 2 is 1.97 bits per heavy atom. The van der Waals surface area contributed by atoms with Gasteiger partial charge in [-0.25, -0.2) is 18.5 Å². The molecule has 0 spiro atoms. The molecule has 34 heavy (non-hydrogen) atoms. The Balaban J connectivity index is 1.80. The van der Waals surface area contributed by atoms with Crippen LogP contribution >= 0.6 is 11.8 Å². The monoisotopic (exact) mass is 481 g/mol. The number of hydrogen-bond acceptors (Lipinski definition) is 7. The lowest BCUT2D eigenvalue weighted by Crippen LogP contribution is -2.62. The van der Waals surface area contributed by atoms with Crippen LogP contribution in [0.15, 0.2) is 30.6 Å². The van der Waals surface area contributed by atoms with Crippen molar-refractivity contribution in [1.29, 1.82) is 10.5 Å². The van der Waals surface area contributed by atoms with Gasteiger partial charge in [-0.3, -0.25) is 9.78 Å². The fraction of sp³-hybridized carbons (Fsp3) is 0.261. The maximum atomic E-state index is 14.2. The number of aromatic nitrogens is 1. The van der Waals surface area contributed by atoms with E-state index in [1.54, 1.807) is 6.08 Å². The molecule has 3 amide bonds. The van der Waals surface area contributed by atoms with Crippen LogP contribution in [0.1, 0.15) is 23.1 Å². The van der Waals surface area contributed by atoms with Gasteiger partial charge in [0.1, 0.15) is 11.1 Å². The third-order valence-corrected chi connectivity index (χ3v) is 7.00. The Labute approximate surface area is 198 Å². The molecule has 0 radical (unpaired) electrons. The molecule has 1 aromatic heterocycles. The molecule has 3 heterocycles. The fourth-order valence-electron chi connectivity index (χ4n) is 3.93. The summed E-state index contributed by atoms with van der Waals surface area (Å²) in [7, 11) is 1.29. The lowest BCUT2D eigenvalue weighted by Gasteiger charge is -2.41. The van der Waals surface area contributed by atoms with Crippen molar-refractivity contribution in [3.05, 3.63) is 58.9 Å². The van der Waals surface area contributed by atoms with Crippen molar-refractivity contribution in [2.24, 2.45) is 0 Å². The van der Waals surface area contributed by atoms with Gasteiger partial charge in [0.25, 0.3) is 5.91 Å². The first-order valence-corrected chi connectivity index (χ1v) is 11.0. The Hall–Kier alpha value is -3.96. The molecule has 1 saturated heterocycles. The van der Waals surface area contributed by atoms with Crippen molar-refractivity contribution in [1.82, 2.24) is 9.88 Å². The van der Waals surface area contributed by atoms with Crippen molar-refractivity contribution in [3.8, 4) is 17.9 Å². The van der Waals surface area contributed by atoms with Crippen LogP contribution in [0.2, 0.25) is 0 Å². The highest BCUT2D eigenvalue weighted by atomic mass is 32.2. The smallest absolute Gasteiger partial charge is 0.332 e. The molecular formula is C23H17F2N5O3S. The molecular weight excluding hydrogens is 464 g/mol. The summed E-state index contributed by atoms with van der Waals surface area (Å²) in [5.74, 6) is -2.02. The Bertz CT molecular complexity index is 1320. The molecule has 0 aliphatic carbocycles. The third kappa shape index (κ3) is 3.74. The van der Waals surface area contributed by atoms with Crippen LogP contribution in [0, 0.1) is 41.2 Å². The number of halogens is 2. The van der Waals surface area contributed by atoms with Crippen molar-refractivity contribution in [3.63, 3.8) is 0 Å². The summed E-state index contributed by atoms with van der Waals surface area (Å²) < 4.78 is 33.3. The van der Waals surface area contributed by atoms with E-state index in [4.69, 9.17) is 10.00 Å². The van der Waals surface area contributed by atoms with E-state index in [9.17, 15) is 23.6 Å². The van der Waals surface area contributed by atoms with E-state index >= 15 is 0 Å². The lowest BCUT2D eigenvalue weighted by atomic mass is 10.0. The minimum Gasteiger partial charge on any atom is -0.494 e. The van der Waals surface area contributed by atoms with E-state index in [0.29, 0.717) is 10.5 Å². The highest BCUT2D eigenvalue weighted by Gasteiger charge is 2.50. The maximum absolute atomic E-state index is 14.2. The number of amides is 3. The van der Waals surface area contributed by atoms with Gasteiger partial charge >= 0.3 is 6.03 Å². The van der Waals surface area contributed by atoms with Gasteiger partial charge in [0, 0.05) is 22.6 Å². The minimum absolute atomic E-state index is 0.0129.